The number of nitro groups is 1. The Kier molecular flexibility index (Phi) is 5.27. The average Bonchev–Trinajstić information content (AvgIpc) is 2.51. The zero-order valence-electron chi connectivity index (χ0n) is 12.8. The number of nitro benzene ring substituents is 1. The van der Waals surface area contributed by atoms with Gasteiger partial charge in [-0.25, -0.2) is 17.9 Å². The molecule has 2 rings (SSSR count). The van der Waals surface area contributed by atoms with Crippen molar-refractivity contribution in [3.8, 4) is 0 Å². The second kappa shape index (κ2) is 7.04. The number of nitrogens with one attached hydrogen (secondary N) is 1. The summed E-state index contributed by atoms with van der Waals surface area (Å²) in [5.74, 6) is -0.553. The third-order valence-corrected chi connectivity index (χ3v) is 4.47. The van der Waals surface area contributed by atoms with Gasteiger partial charge in [-0.1, -0.05) is 12.1 Å². The highest BCUT2D eigenvalue weighted by Gasteiger charge is 2.16. The molecule has 0 spiro atoms. The van der Waals surface area contributed by atoms with E-state index in [1.165, 1.54) is 12.1 Å². The van der Waals surface area contributed by atoms with Crippen molar-refractivity contribution in [2.24, 2.45) is 5.14 Å². The van der Waals surface area contributed by atoms with Crippen LogP contribution in [0.1, 0.15) is 24.1 Å². The Hall–Kier alpha value is -2.36. The second-order valence-corrected chi connectivity index (χ2v) is 6.81. The van der Waals surface area contributed by atoms with Crippen LogP contribution in [0.25, 0.3) is 0 Å². The Bertz CT molecular complexity index is 854. The maximum atomic E-state index is 13.3. The third kappa shape index (κ3) is 4.34. The summed E-state index contributed by atoms with van der Waals surface area (Å²) in [6.07, 6.45) is 0. The minimum absolute atomic E-state index is 0.000724. The van der Waals surface area contributed by atoms with Crippen LogP contribution in [-0.4, -0.2) is 13.3 Å². The van der Waals surface area contributed by atoms with Crippen LogP contribution >= 0.6 is 0 Å². The largest absolute Gasteiger partial charge is 0.306 e. The Morgan fingerprint density at radius 1 is 1.25 bits per heavy atom. The van der Waals surface area contributed by atoms with Crippen LogP contribution in [0.2, 0.25) is 0 Å². The van der Waals surface area contributed by atoms with Crippen LogP contribution in [0.5, 0.6) is 0 Å². The molecule has 0 heterocycles. The third-order valence-electron chi connectivity index (χ3n) is 3.55. The number of rotatable bonds is 6. The number of benzene rings is 2. The van der Waals surface area contributed by atoms with Gasteiger partial charge < -0.3 is 5.32 Å². The average molecular weight is 353 g/mol. The van der Waals surface area contributed by atoms with Crippen LogP contribution in [0.15, 0.2) is 47.4 Å². The van der Waals surface area contributed by atoms with Crippen molar-refractivity contribution in [3.05, 3.63) is 69.5 Å². The molecule has 0 aliphatic heterocycles. The lowest BCUT2D eigenvalue weighted by Gasteiger charge is -2.15. The van der Waals surface area contributed by atoms with Crippen LogP contribution in [-0.2, 0) is 16.6 Å². The van der Waals surface area contributed by atoms with Crippen LogP contribution in [0.4, 0.5) is 10.1 Å². The lowest BCUT2D eigenvalue weighted by Crippen LogP contribution is -2.19. The maximum Gasteiger partial charge on any atom is 0.274 e. The minimum Gasteiger partial charge on any atom is -0.306 e. The quantitative estimate of drug-likeness (QED) is 0.610. The molecule has 0 aliphatic carbocycles. The molecule has 0 amide bonds. The van der Waals surface area contributed by atoms with Crippen molar-refractivity contribution < 1.29 is 17.7 Å². The molecule has 0 saturated heterocycles. The van der Waals surface area contributed by atoms with E-state index in [-0.39, 0.29) is 28.7 Å². The van der Waals surface area contributed by atoms with E-state index in [1.807, 2.05) is 0 Å². The molecule has 128 valence electrons. The molecule has 3 N–H and O–H groups in total. The Balaban J connectivity index is 2.12. The summed E-state index contributed by atoms with van der Waals surface area (Å²) in [5, 5.41) is 19.0. The number of sulfonamides is 1. The molecule has 0 radical (unpaired) electrons. The smallest absolute Gasteiger partial charge is 0.274 e. The molecule has 1 unspecified atom stereocenters. The van der Waals surface area contributed by atoms with Gasteiger partial charge in [0.2, 0.25) is 10.0 Å². The van der Waals surface area contributed by atoms with Gasteiger partial charge in [-0.2, -0.15) is 0 Å². The fourth-order valence-corrected chi connectivity index (χ4v) is 2.72. The molecule has 2 aromatic carbocycles. The molecule has 0 saturated carbocycles. The zero-order valence-corrected chi connectivity index (χ0v) is 13.6. The van der Waals surface area contributed by atoms with E-state index < -0.39 is 20.8 Å². The first kappa shape index (κ1) is 18.0. The molecule has 9 heteroatoms. The van der Waals surface area contributed by atoms with E-state index in [4.69, 9.17) is 5.14 Å². The first-order valence-electron chi connectivity index (χ1n) is 6.97. The fraction of sp³-hybridized carbons (Fsp3) is 0.200. The van der Waals surface area contributed by atoms with Gasteiger partial charge in [-0.3, -0.25) is 10.1 Å². The van der Waals surface area contributed by atoms with E-state index >= 15 is 0 Å². The van der Waals surface area contributed by atoms with Gasteiger partial charge in [0.15, 0.2) is 0 Å². The van der Waals surface area contributed by atoms with E-state index in [0.717, 1.165) is 23.8 Å². The summed E-state index contributed by atoms with van der Waals surface area (Å²) in [4.78, 5) is 10.4. The first-order chi connectivity index (χ1) is 11.2. The first-order valence-corrected chi connectivity index (χ1v) is 8.52. The van der Waals surface area contributed by atoms with Gasteiger partial charge in [-0.05, 0) is 36.8 Å². The van der Waals surface area contributed by atoms with Crippen LogP contribution in [0.3, 0.4) is 0 Å². The highest BCUT2D eigenvalue weighted by molar-refractivity contribution is 7.89. The maximum absolute atomic E-state index is 13.3. The van der Waals surface area contributed by atoms with Crippen molar-refractivity contribution in [2.45, 2.75) is 24.4 Å². The molecule has 2 aromatic rings. The summed E-state index contributed by atoms with van der Waals surface area (Å²) in [5.41, 5.74) is 0.829. The Morgan fingerprint density at radius 2 is 1.88 bits per heavy atom. The minimum atomic E-state index is -3.76. The summed E-state index contributed by atoms with van der Waals surface area (Å²) < 4.78 is 35.7. The number of halogens is 1. The van der Waals surface area contributed by atoms with Gasteiger partial charge in [0.25, 0.3) is 5.69 Å². The topological polar surface area (TPSA) is 115 Å². The van der Waals surface area contributed by atoms with Crippen LogP contribution in [0, 0.1) is 15.9 Å². The molecule has 0 aliphatic rings. The summed E-state index contributed by atoms with van der Waals surface area (Å²) >= 11 is 0. The lowest BCUT2D eigenvalue weighted by atomic mass is 10.1. The highest BCUT2D eigenvalue weighted by Crippen LogP contribution is 2.21. The van der Waals surface area contributed by atoms with Crippen molar-refractivity contribution in [1.29, 1.82) is 0 Å². The summed E-state index contributed by atoms with van der Waals surface area (Å²) in [6, 6.07) is 8.99. The summed E-state index contributed by atoms with van der Waals surface area (Å²) in [7, 11) is -3.76. The number of nitrogens with zero attached hydrogens (tertiary/aromatic N) is 1. The van der Waals surface area contributed by atoms with Crippen molar-refractivity contribution >= 4 is 15.7 Å². The molecule has 1 atom stereocenters. The van der Waals surface area contributed by atoms with E-state index in [1.54, 1.807) is 19.1 Å². The van der Waals surface area contributed by atoms with E-state index in [0.29, 0.717) is 0 Å². The molecule has 0 aromatic heterocycles. The van der Waals surface area contributed by atoms with Gasteiger partial charge in [0.1, 0.15) is 5.82 Å². The van der Waals surface area contributed by atoms with Gasteiger partial charge in [0.05, 0.1) is 9.82 Å². The predicted molar refractivity (Wildman–Crippen MR) is 86.1 cm³/mol. The number of hydrogen-bond acceptors (Lipinski definition) is 5. The SMILES string of the molecule is CC(NCc1cc(F)ccc1[N+](=O)[O-])c1ccc(S(N)(=O)=O)cc1. The highest BCUT2D eigenvalue weighted by atomic mass is 32.2. The second-order valence-electron chi connectivity index (χ2n) is 5.25. The predicted octanol–water partition coefficient (Wildman–Crippen LogP) is 2.23. The summed E-state index contributed by atoms with van der Waals surface area (Å²) in [6.45, 7) is 1.89. The van der Waals surface area contributed by atoms with E-state index in [2.05, 4.69) is 5.32 Å². The molecule has 0 bridgehead atoms. The molecular formula is C15H16FN3O4S. The molecule has 0 fully saturated rings. The van der Waals surface area contributed by atoms with Crippen molar-refractivity contribution in [2.75, 3.05) is 0 Å². The Labute approximate surface area is 138 Å². The van der Waals surface area contributed by atoms with Crippen LogP contribution < -0.4 is 10.5 Å². The van der Waals surface area contributed by atoms with Crippen molar-refractivity contribution in [1.82, 2.24) is 5.32 Å². The van der Waals surface area contributed by atoms with Gasteiger partial charge in [-0.15, -0.1) is 0 Å². The number of primary sulfonamides is 1. The molecule has 24 heavy (non-hydrogen) atoms. The molecule has 7 nitrogen and oxygen atoms in total. The van der Waals surface area contributed by atoms with E-state index in [9.17, 15) is 22.9 Å². The van der Waals surface area contributed by atoms with Gasteiger partial charge >= 0.3 is 0 Å². The van der Waals surface area contributed by atoms with Gasteiger partial charge in [0, 0.05) is 24.2 Å². The standard InChI is InChI=1S/C15H16FN3O4S/c1-10(11-2-5-14(6-3-11)24(17,22)23)18-9-12-8-13(16)4-7-15(12)19(20)21/h2-8,10,18H,9H2,1H3,(H2,17,22,23). The van der Waals surface area contributed by atoms with Crippen molar-refractivity contribution in [3.63, 3.8) is 0 Å². The normalized spacial score (nSPS) is 12.8. The number of hydrogen-bond donors (Lipinski definition) is 2. The zero-order chi connectivity index (χ0) is 17.9. The lowest BCUT2D eigenvalue weighted by molar-refractivity contribution is -0.385. The fourth-order valence-electron chi connectivity index (χ4n) is 2.20. The molecular weight excluding hydrogens is 337 g/mol. The monoisotopic (exact) mass is 353 g/mol. The number of nitrogens with two attached hydrogens (primary N) is 1. The Morgan fingerprint density at radius 3 is 2.42 bits per heavy atom.